The number of nitrogens with zero attached hydrogens (tertiary/aromatic N) is 2. The monoisotopic (exact) mass is 326 g/mol. The molecule has 0 saturated heterocycles. The Morgan fingerprint density at radius 1 is 1.21 bits per heavy atom. The second kappa shape index (κ2) is 6.86. The summed E-state index contributed by atoms with van der Waals surface area (Å²) in [5.41, 5.74) is 7.60. The van der Waals surface area contributed by atoms with Gasteiger partial charge in [-0.25, -0.2) is 4.68 Å². The van der Waals surface area contributed by atoms with Crippen molar-refractivity contribution in [3.05, 3.63) is 47.8 Å². The summed E-state index contributed by atoms with van der Waals surface area (Å²) in [6.07, 6.45) is 3.48. The van der Waals surface area contributed by atoms with Gasteiger partial charge in [0.2, 0.25) is 5.91 Å². The van der Waals surface area contributed by atoms with Gasteiger partial charge in [-0.1, -0.05) is 31.0 Å². The van der Waals surface area contributed by atoms with Crippen LogP contribution >= 0.6 is 0 Å². The van der Waals surface area contributed by atoms with Crippen LogP contribution in [0.2, 0.25) is 0 Å². The Morgan fingerprint density at radius 3 is 2.62 bits per heavy atom. The number of carbonyl (C=O) groups is 2. The Hall–Kier alpha value is -2.63. The van der Waals surface area contributed by atoms with Gasteiger partial charge in [0, 0.05) is 11.7 Å². The topological polar surface area (TPSA) is 90.0 Å². The first-order valence-corrected chi connectivity index (χ1v) is 8.28. The van der Waals surface area contributed by atoms with E-state index in [1.165, 1.54) is 0 Å². The van der Waals surface area contributed by atoms with E-state index >= 15 is 0 Å². The van der Waals surface area contributed by atoms with Gasteiger partial charge in [-0.15, -0.1) is 0 Å². The van der Waals surface area contributed by atoms with E-state index in [2.05, 4.69) is 10.4 Å². The third-order valence-electron chi connectivity index (χ3n) is 4.57. The minimum Gasteiger partial charge on any atom is -0.369 e. The van der Waals surface area contributed by atoms with E-state index in [0.29, 0.717) is 5.69 Å². The van der Waals surface area contributed by atoms with E-state index in [-0.39, 0.29) is 23.8 Å². The summed E-state index contributed by atoms with van der Waals surface area (Å²) in [5.74, 6) is -0.892. The van der Waals surface area contributed by atoms with E-state index in [1.807, 2.05) is 37.3 Å². The first kappa shape index (κ1) is 16.2. The van der Waals surface area contributed by atoms with E-state index in [0.717, 1.165) is 37.1 Å². The van der Waals surface area contributed by atoms with Crippen LogP contribution in [0, 0.1) is 12.8 Å². The molecule has 1 aromatic heterocycles. The molecule has 1 aliphatic rings. The van der Waals surface area contributed by atoms with Crippen molar-refractivity contribution in [2.75, 3.05) is 0 Å². The molecular weight excluding hydrogens is 304 g/mol. The molecular formula is C18H22N4O2. The summed E-state index contributed by atoms with van der Waals surface area (Å²) in [4.78, 5) is 24.1. The Bertz CT molecular complexity index is 739. The normalized spacial score (nSPS) is 20.5. The number of aromatic nitrogens is 2. The Labute approximate surface area is 141 Å². The number of para-hydroxylation sites is 1. The summed E-state index contributed by atoms with van der Waals surface area (Å²) in [5, 5.41) is 7.35. The van der Waals surface area contributed by atoms with Gasteiger partial charge in [-0.2, -0.15) is 5.10 Å². The van der Waals surface area contributed by atoms with E-state index < -0.39 is 0 Å². The fourth-order valence-electron chi connectivity index (χ4n) is 3.30. The summed E-state index contributed by atoms with van der Waals surface area (Å²) < 4.78 is 1.74. The molecule has 1 heterocycles. The third-order valence-corrected chi connectivity index (χ3v) is 4.57. The lowest BCUT2D eigenvalue weighted by Crippen LogP contribution is -2.47. The average Bonchev–Trinajstić information content (AvgIpc) is 2.98. The average molecular weight is 326 g/mol. The van der Waals surface area contributed by atoms with Crippen molar-refractivity contribution in [1.29, 1.82) is 0 Å². The van der Waals surface area contributed by atoms with Crippen molar-refractivity contribution in [3.8, 4) is 5.69 Å². The van der Waals surface area contributed by atoms with Crippen molar-refractivity contribution in [2.24, 2.45) is 11.7 Å². The summed E-state index contributed by atoms with van der Waals surface area (Å²) in [6, 6.07) is 11.2. The van der Waals surface area contributed by atoms with Gasteiger partial charge in [0.15, 0.2) is 5.69 Å². The van der Waals surface area contributed by atoms with Crippen LogP contribution in [0.15, 0.2) is 36.4 Å². The lowest BCUT2D eigenvalue weighted by molar-refractivity contribution is -0.123. The molecule has 0 radical (unpaired) electrons. The highest BCUT2D eigenvalue weighted by Crippen LogP contribution is 2.24. The van der Waals surface area contributed by atoms with E-state index in [9.17, 15) is 9.59 Å². The maximum atomic E-state index is 12.5. The Balaban J connectivity index is 1.77. The highest BCUT2D eigenvalue weighted by Gasteiger charge is 2.31. The van der Waals surface area contributed by atoms with Gasteiger partial charge < -0.3 is 11.1 Å². The van der Waals surface area contributed by atoms with Gasteiger partial charge in [0.1, 0.15) is 0 Å². The van der Waals surface area contributed by atoms with Crippen molar-refractivity contribution < 1.29 is 9.59 Å². The predicted octanol–water partition coefficient (Wildman–Crippen LogP) is 1.95. The van der Waals surface area contributed by atoms with Gasteiger partial charge in [-0.3, -0.25) is 9.59 Å². The highest BCUT2D eigenvalue weighted by molar-refractivity contribution is 5.93. The molecule has 3 rings (SSSR count). The number of nitrogens with two attached hydrogens (primary N) is 1. The number of primary amides is 1. The zero-order chi connectivity index (χ0) is 17.1. The van der Waals surface area contributed by atoms with Gasteiger partial charge in [0.05, 0.1) is 11.6 Å². The molecule has 2 unspecified atom stereocenters. The minimum absolute atomic E-state index is 0.203. The summed E-state index contributed by atoms with van der Waals surface area (Å²) in [7, 11) is 0. The molecule has 2 aromatic rings. The van der Waals surface area contributed by atoms with E-state index in [4.69, 9.17) is 5.73 Å². The molecule has 1 aromatic carbocycles. The fourth-order valence-corrected chi connectivity index (χ4v) is 3.30. The molecule has 1 fully saturated rings. The first-order valence-electron chi connectivity index (χ1n) is 8.28. The van der Waals surface area contributed by atoms with Crippen LogP contribution in [0.1, 0.15) is 41.9 Å². The molecule has 0 bridgehead atoms. The molecule has 0 aliphatic heterocycles. The van der Waals surface area contributed by atoms with Crippen molar-refractivity contribution >= 4 is 11.8 Å². The summed E-state index contributed by atoms with van der Waals surface area (Å²) >= 11 is 0. The van der Waals surface area contributed by atoms with Crippen molar-refractivity contribution in [1.82, 2.24) is 15.1 Å². The standard InChI is InChI=1S/C18H22N4O2/c1-12-11-16(21-22(12)13-7-3-2-4-8-13)18(24)20-15-10-6-5-9-14(15)17(19)23/h2-4,7-8,11,14-15H,5-6,9-10H2,1H3,(H2,19,23)(H,20,24). The second-order valence-electron chi connectivity index (χ2n) is 6.29. The van der Waals surface area contributed by atoms with Crippen LogP contribution in [0.25, 0.3) is 5.69 Å². The van der Waals surface area contributed by atoms with Gasteiger partial charge >= 0.3 is 0 Å². The van der Waals surface area contributed by atoms with Crippen LogP contribution in [0.5, 0.6) is 0 Å². The minimum atomic E-state index is -0.342. The molecule has 126 valence electrons. The molecule has 1 aliphatic carbocycles. The first-order chi connectivity index (χ1) is 11.6. The molecule has 2 atom stereocenters. The quantitative estimate of drug-likeness (QED) is 0.900. The van der Waals surface area contributed by atoms with Crippen LogP contribution in [0.3, 0.4) is 0 Å². The van der Waals surface area contributed by atoms with Crippen molar-refractivity contribution in [2.45, 2.75) is 38.6 Å². The second-order valence-corrected chi connectivity index (χ2v) is 6.29. The Kier molecular flexibility index (Phi) is 4.64. The zero-order valence-corrected chi connectivity index (χ0v) is 13.7. The van der Waals surface area contributed by atoms with Gasteiger partial charge in [0.25, 0.3) is 5.91 Å². The number of aryl methyl sites for hydroxylation is 1. The highest BCUT2D eigenvalue weighted by atomic mass is 16.2. The number of amides is 2. The molecule has 2 amide bonds. The summed E-state index contributed by atoms with van der Waals surface area (Å²) in [6.45, 7) is 1.91. The maximum Gasteiger partial charge on any atom is 0.272 e. The molecule has 3 N–H and O–H groups in total. The third kappa shape index (κ3) is 3.32. The van der Waals surface area contributed by atoms with Crippen LogP contribution in [-0.2, 0) is 4.79 Å². The molecule has 0 spiro atoms. The van der Waals surface area contributed by atoms with Crippen molar-refractivity contribution in [3.63, 3.8) is 0 Å². The van der Waals surface area contributed by atoms with Crippen LogP contribution in [0.4, 0.5) is 0 Å². The number of benzene rings is 1. The SMILES string of the molecule is Cc1cc(C(=O)NC2CCCCC2C(N)=O)nn1-c1ccccc1. The smallest absolute Gasteiger partial charge is 0.272 e. The molecule has 1 saturated carbocycles. The number of hydrogen-bond donors (Lipinski definition) is 2. The van der Waals surface area contributed by atoms with Gasteiger partial charge in [-0.05, 0) is 38.0 Å². The molecule has 6 nitrogen and oxygen atoms in total. The largest absolute Gasteiger partial charge is 0.369 e. The van der Waals surface area contributed by atoms with Crippen LogP contribution < -0.4 is 11.1 Å². The maximum absolute atomic E-state index is 12.5. The lowest BCUT2D eigenvalue weighted by atomic mass is 9.84. The zero-order valence-electron chi connectivity index (χ0n) is 13.7. The van der Waals surface area contributed by atoms with E-state index in [1.54, 1.807) is 10.7 Å². The fraction of sp³-hybridized carbons (Fsp3) is 0.389. The number of rotatable bonds is 4. The number of nitrogens with one attached hydrogen (secondary N) is 1. The molecule has 24 heavy (non-hydrogen) atoms. The predicted molar refractivity (Wildman–Crippen MR) is 90.7 cm³/mol. The lowest BCUT2D eigenvalue weighted by Gasteiger charge is -2.29. The Morgan fingerprint density at radius 2 is 1.92 bits per heavy atom. The van der Waals surface area contributed by atoms with Crippen LogP contribution in [-0.4, -0.2) is 27.6 Å². The molecule has 6 heteroatoms. The number of hydrogen-bond acceptors (Lipinski definition) is 3. The number of carbonyl (C=O) groups excluding carboxylic acids is 2.